The zero-order valence-corrected chi connectivity index (χ0v) is 15.6. The molecule has 2 heterocycles. The van der Waals surface area contributed by atoms with Crippen LogP contribution in [0.5, 0.6) is 0 Å². The average molecular weight is 381 g/mol. The second kappa shape index (κ2) is 6.88. The van der Waals surface area contributed by atoms with Crippen LogP contribution in [0.4, 0.5) is 10.5 Å². The zero-order valence-electron chi connectivity index (χ0n) is 14.8. The number of anilines is 1. The highest BCUT2D eigenvalue weighted by atomic mass is 32.2. The van der Waals surface area contributed by atoms with Gasteiger partial charge in [-0.15, -0.1) is 0 Å². The number of fused-ring (bicyclic) bond motifs is 1. The normalized spacial score (nSPS) is 24.9. The highest BCUT2D eigenvalue weighted by Gasteiger charge is 2.48. The van der Waals surface area contributed by atoms with Crippen LogP contribution in [0.3, 0.4) is 0 Å². The molecule has 1 aromatic rings. The Morgan fingerprint density at radius 1 is 1.15 bits per heavy atom. The fourth-order valence-corrected chi connectivity index (χ4v) is 5.67. The molecule has 1 aromatic carbocycles. The fourth-order valence-electron chi connectivity index (χ4n) is 3.66. The molecule has 0 unspecified atom stereocenters. The van der Waals surface area contributed by atoms with Crippen LogP contribution in [-0.2, 0) is 14.6 Å². The van der Waals surface area contributed by atoms with Crippen LogP contribution < -0.4 is 5.32 Å². The maximum atomic E-state index is 12.7. The molecule has 0 saturated carbocycles. The third kappa shape index (κ3) is 3.83. The molecule has 0 aromatic heterocycles. The summed E-state index contributed by atoms with van der Waals surface area (Å²) in [6, 6.07) is 4.24. The predicted octanol–water partition coefficient (Wildman–Crippen LogP) is 0.703. The molecule has 26 heavy (non-hydrogen) atoms. The largest absolute Gasteiger partial charge is 0.480 e. The summed E-state index contributed by atoms with van der Waals surface area (Å²) in [6.07, 6.45) is 0. The number of aryl methyl sites for hydroxylation is 2. The minimum absolute atomic E-state index is 0.113. The van der Waals surface area contributed by atoms with E-state index in [2.05, 4.69) is 5.32 Å². The number of urea groups is 1. The Labute approximate surface area is 152 Å². The summed E-state index contributed by atoms with van der Waals surface area (Å²) < 4.78 is 24.2. The molecule has 2 atom stereocenters. The van der Waals surface area contributed by atoms with Crippen molar-refractivity contribution in [3.8, 4) is 0 Å². The van der Waals surface area contributed by atoms with Crippen molar-refractivity contribution in [2.24, 2.45) is 0 Å². The standard InChI is InChI=1S/C17H23N3O5S/c1-11-3-4-13(7-12(11)2)18-17(23)20-6-5-19(8-16(21)22)14-9-26(24,25)10-15(14)20/h3-4,7,14-15H,5-6,8-10H2,1-2H3,(H,18,23)(H,21,22)/t14-,15+/m1/s1. The number of amides is 2. The van der Waals surface area contributed by atoms with Crippen LogP contribution in [0.2, 0.25) is 0 Å². The van der Waals surface area contributed by atoms with Crippen molar-refractivity contribution < 1.29 is 23.1 Å². The number of hydrogen-bond donors (Lipinski definition) is 2. The number of nitrogens with zero attached hydrogens (tertiary/aromatic N) is 2. The van der Waals surface area contributed by atoms with Gasteiger partial charge < -0.3 is 15.3 Å². The van der Waals surface area contributed by atoms with Crippen LogP contribution in [0.1, 0.15) is 11.1 Å². The molecule has 2 amide bonds. The number of benzene rings is 1. The fraction of sp³-hybridized carbons (Fsp3) is 0.529. The number of carboxylic acid groups (broad SMARTS) is 1. The van der Waals surface area contributed by atoms with Crippen molar-refractivity contribution in [1.82, 2.24) is 9.80 Å². The van der Waals surface area contributed by atoms with E-state index in [-0.39, 0.29) is 24.1 Å². The van der Waals surface area contributed by atoms with Crippen molar-refractivity contribution in [1.29, 1.82) is 0 Å². The van der Waals surface area contributed by atoms with Crippen molar-refractivity contribution in [3.05, 3.63) is 29.3 Å². The minimum atomic E-state index is -3.31. The highest BCUT2D eigenvalue weighted by molar-refractivity contribution is 7.91. The number of carbonyl (C=O) groups excluding carboxylic acids is 1. The Hall–Kier alpha value is -2.13. The molecular weight excluding hydrogens is 358 g/mol. The van der Waals surface area contributed by atoms with E-state index in [4.69, 9.17) is 5.11 Å². The molecule has 2 N–H and O–H groups in total. The Kier molecular flexibility index (Phi) is 4.94. The molecule has 142 valence electrons. The smallest absolute Gasteiger partial charge is 0.322 e. The summed E-state index contributed by atoms with van der Waals surface area (Å²) in [5, 5.41) is 11.9. The van der Waals surface area contributed by atoms with Crippen LogP contribution in [0, 0.1) is 13.8 Å². The van der Waals surface area contributed by atoms with Gasteiger partial charge in [-0.2, -0.15) is 0 Å². The number of carboxylic acids is 1. The van der Waals surface area contributed by atoms with Gasteiger partial charge in [0.1, 0.15) is 0 Å². The lowest BCUT2D eigenvalue weighted by Crippen LogP contribution is -2.62. The number of hydrogen-bond acceptors (Lipinski definition) is 5. The highest BCUT2D eigenvalue weighted by Crippen LogP contribution is 2.27. The average Bonchev–Trinajstić information content (AvgIpc) is 2.86. The maximum Gasteiger partial charge on any atom is 0.322 e. The first-order chi connectivity index (χ1) is 12.2. The molecule has 3 rings (SSSR count). The van der Waals surface area contributed by atoms with Gasteiger partial charge in [0.15, 0.2) is 9.84 Å². The van der Waals surface area contributed by atoms with Crippen LogP contribution in [0.25, 0.3) is 0 Å². The number of piperazine rings is 1. The summed E-state index contributed by atoms with van der Waals surface area (Å²) in [7, 11) is -3.31. The second-order valence-corrected chi connectivity index (χ2v) is 9.15. The van der Waals surface area contributed by atoms with Gasteiger partial charge in [-0.25, -0.2) is 13.2 Å². The zero-order chi connectivity index (χ0) is 19.1. The van der Waals surface area contributed by atoms with Crippen molar-refractivity contribution in [2.45, 2.75) is 25.9 Å². The molecule has 0 bridgehead atoms. The van der Waals surface area contributed by atoms with Crippen LogP contribution in [0.15, 0.2) is 18.2 Å². The summed E-state index contributed by atoms with van der Waals surface area (Å²) in [6.45, 7) is 4.35. The van der Waals surface area contributed by atoms with Gasteiger partial charge in [-0.1, -0.05) is 6.07 Å². The van der Waals surface area contributed by atoms with Gasteiger partial charge in [0.05, 0.1) is 24.1 Å². The Morgan fingerprint density at radius 3 is 2.50 bits per heavy atom. The first-order valence-electron chi connectivity index (χ1n) is 8.47. The van der Waals surface area contributed by atoms with Crippen molar-refractivity contribution in [3.63, 3.8) is 0 Å². The monoisotopic (exact) mass is 381 g/mol. The summed E-state index contributed by atoms with van der Waals surface area (Å²) in [4.78, 5) is 27.0. The minimum Gasteiger partial charge on any atom is -0.480 e. The number of aliphatic carboxylic acids is 1. The van der Waals surface area contributed by atoms with E-state index in [1.807, 2.05) is 32.0 Å². The lowest BCUT2D eigenvalue weighted by atomic mass is 10.1. The quantitative estimate of drug-likeness (QED) is 0.798. The number of carbonyl (C=O) groups is 2. The molecule has 2 fully saturated rings. The van der Waals surface area contributed by atoms with Gasteiger partial charge in [-0.3, -0.25) is 9.69 Å². The molecule has 8 nitrogen and oxygen atoms in total. The summed E-state index contributed by atoms with van der Waals surface area (Å²) in [5.41, 5.74) is 2.83. The molecule has 0 aliphatic carbocycles. The van der Waals surface area contributed by atoms with Crippen LogP contribution >= 0.6 is 0 Å². The topological polar surface area (TPSA) is 107 Å². The lowest BCUT2D eigenvalue weighted by molar-refractivity contribution is -0.139. The van der Waals surface area contributed by atoms with Gasteiger partial charge in [0.2, 0.25) is 0 Å². The molecule has 2 aliphatic rings. The van der Waals surface area contributed by atoms with E-state index in [0.29, 0.717) is 18.8 Å². The Morgan fingerprint density at radius 2 is 1.85 bits per heavy atom. The van der Waals surface area contributed by atoms with Crippen molar-refractivity contribution >= 4 is 27.5 Å². The molecule has 0 radical (unpaired) electrons. The third-order valence-electron chi connectivity index (χ3n) is 5.15. The molecular formula is C17H23N3O5S. The van der Waals surface area contributed by atoms with Gasteiger partial charge >= 0.3 is 12.0 Å². The van der Waals surface area contributed by atoms with E-state index in [1.165, 1.54) is 4.90 Å². The summed E-state index contributed by atoms with van der Waals surface area (Å²) in [5.74, 6) is -1.24. The van der Waals surface area contributed by atoms with E-state index in [0.717, 1.165) is 11.1 Å². The van der Waals surface area contributed by atoms with E-state index in [9.17, 15) is 18.0 Å². The van der Waals surface area contributed by atoms with E-state index < -0.39 is 27.9 Å². The first kappa shape index (κ1) is 18.7. The molecule has 0 spiro atoms. The first-order valence-corrected chi connectivity index (χ1v) is 10.3. The summed E-state index contributed by atoms with van der Waals surface area (Å²) >= 11 is 0. The number of rotatable bonds is 3. The maximum absolute atomic E-state index is 12.7. The van der Waals surface area contributed by atoms with E-state index >= 15 is 0 Å². The molecule has 2 aliphatic heterocycles. The molecule has 2 saturated heterocycles. The third-order valence-corrected chi connectivity index (χ3v) is 6.85. The van der Waals surface area contributed by atoms with E-state index in [1.54, 1.807) is 4.90 Å². The lowest BCUT2D eigenvalue weighted by Gasteiger charge is -2.43. The SMILES string of the molecule is Cc1ccc(NC(=O)N2CCN(CC(=O)O)[C@@H]3CS(=O)(=O)C[C@@H]32)cc1C. The Bertz CT molecular complexity index is 839. The predicted molar refractivity (Wildman–Crippen MR) is 97.1 cm³/mol. The van der Waals surface area contributed by atoms with Crippen LogP contribution in [-0.4, -0.2) is 78.5 Å². The Balaban J connectivity index is 1.78. The van der Waals surface area contributed by atoms with Gasteiger partial charge in [0, 0.05) is 24.8 Å². The van der Waals surface area contributed by atoms with Crippen molar-refractivity contribution in [2.75, 3.05) is 36.5 Å². The van der Waals surface area contributed by atoms with Gasteiger partial charge in [0.25, 0.3) is 0 Å². The number of sulfone groups is 1. The molecule has 9 heteroatoms. The second-order valence-electron chi connectivity index (χ2n) is 7.00. The van der Waals surface area contributed by atoms with Gasteiger partial charge in [-0.05, 0) is 37.1 Å². The number of nitrogens with one attached hydrogen (secondary N) is 1.